The summed E-state index contributed by atoms with van der Waals surface area (Å²) in [5.41, 5.74) is 1.34. The second kappa shape index (κ2) is 7.41. The molecular weight excluding hydrogens is 276 g/mol. The van der Waals surface area contributed by atoms with Crippen molar-refractivity contribution < 1.29 is 8.78 Å². The number of rotatable bonds is 6. The lowest BCUT2D eigenvalue weighted by Crippen LogP contribution is -2.11. The van der Waals surface area contributed by atoms with Gasteiger partial charge in [0.1, 0.15) is 11.6 Å². The third kappa shape index (κ3) is 4.05. The largest absolute Gasteiger partial charge is 0.313 e. The van der Waals surface area contributed by atoms with Gasteiger partial charge in [0.15, 0.2) is 0 Å². The first-order chi connectivity index (χ1) is 9.70. The van der Waals surface area contributed by atoms with E-state index in [9.17, 15) is 8.78 Å². The van der Waals surface area contributed by atoms with Crippen molar-refractivity contribution in [2.24, 2.45) is 0 Å². The van der Waals surface area contributed by atoms with Gasteiger partial charge in [0.25, 0.3) is 0 Å². The van der Waals surface area contributed by atoms with Crippen molar-refractivity contribution in [1.82, 2.24) is 5.32 Å². The summed E-state index contributed by atoms with van der Waals surface area (Å²) in [6.07, 6.45) is 0. The first kappa shape index (κ1) is 15.0. The molecule has 0 fully saturated rings. The van der Waals surface area contributed by atoms with Crippen molar-refractivity contribution in [3.8, 4) is 0 Å². The highest BCUT2D eigenvalue weighted by Crippen LogP contribution is 2.25. The molecule has 0 unspecified atom stereocenters. The number of hydrogen-bond donors (Lipinski definition) is 1. The third-order valence-corrected chi connectivity index (χ3v) is 3.99. The van der Waals surface area contributed by atoms with E-state index in [1.54, 1.807) is 0 Å². The molecule has 0 aliphatic rings. The molecule has 106 valence electrons. The summed E-state index contributed by atoms with van der Waals surface area (Å²) < 4.78 is 27.0. The van der Waals surface area contributed by atoms with E-state index in [-0.39, 0.29) is 5.56 Å². The van der Waals surface area contributed by atoms with E-state index in [2.05, 4.69) is 12.2 Å². The summed E-state index contributed by atoms with van der Waals surface area (Å²) in [7, 11) is 0. The summed E-state index contributed by atoms with van der Waals surface area (Å²) in [6, 6.07) is 12.0. The monoisotopic (exact) mass is 293 g/mol. The lowest BCUT2D eigenvalue weighted by molar-refractivity contribution is 0.566. The molecule has 0 saturated carbocycles. The van der Waals surface area contributed by atoms with Gasteiger partial charge in [-0.25, -0.2) is 8.78 Å². The first-order valence-corrected chi connectivity index (χ1v) is 7.54. The van der Waals surface area contributed by atoms with E-state index >= 15 is 0 Å². The predicted octanol–water partition coefficient (Wildman–Crippen LogP) is 4.37. The summed E-state index contributed by atoms with van der Waals surface area (Å²) in [4.78, 5) is 1.01. The molecule has 0 spiro atoms. The van der Waals surface area contributed by atoms with E-state index in [0.29, 0.717) is 5.75 Å². The molecular formula is C16H17F2NS. The van der Waals surface area contributed by atoms with Crippen molar-refractivity contribution in [3.63, 3.8) is 0 Å². The zero-order valence-corrected chi connectivity index (χ0v) is 12.1. The summed E-state index contributed by atoms with van der Waals surface area (Å²) in [6.45, 7) is 3.83. The molecule has 0 aromatic heterocycles. The molecule has 0 heterocycles. The van der Waals surface area contributed by atoms with E-state index in [1.807, 2.05) is 24.3 Å². The van der Waals surface area contributed by atoms with Crippen molar-refractivity contribution >= 4 is 11.8 Å². The average Bonchev–Trinajstić information content (AvgIpc) is 2.46. The van der Waals surface area contributed by atoms with Crippen molar-refractivity contribution in [3.05, 3.63) is 65.2 Å². The maximum Gasteiger partial charge on any atom is 0.130 e. The number of benzene rings is 2. The lowest BCUT2D eigenvalue weighted by atomic mass is 10.2. The lowest BCUT2D eigenvalue weighted by Gasteiger charge is -2.06. The van der Waals surface area contributed by atoms with E-state index < -0.39 is 11.6 Å². The second-order valence-electron chi connectivity index (χ2n) is 4.41. The molecule has 0 atom stereocenters. The predicted molar refractivity (Wildman–Crippen MR) is 79.7 cm³/mol. The molecule has 0 amide bonds. The Morgan fingerprint density at radius 3 is 2.25 bits per heavy atom. The zero-order chi connectivity index (χ0) is 14.4. The fourth-order valence-corrected chi connectivity index (χ4v) is 2.71. The van der Waals surface area contributed by atoms with Crippen LogP contribution in [0.15, 0.2) is 47.4 Å². The molecule has 20 heavy (non-hydrogen) atoms. The highest BCUT2D eigenvalue weighted by atomic mass is 32.2. The van der Waals surface area contributed by atoms with Gasteiger partial charge in [-0.05, 0) is 36.4 Å². The van der Waals surface area contributed by atoms with Gasteiger partial charge < -0.3 is 5.32 Å². The molecule has 0 radical (unpaired) electrons. The van der Waals surface area contributed by atoms with Crippen LogP contribution in [0.3, 0.4) is 0 Å². The van der Waals surface area contributed by atoms with Crippen LogP contribution >= 0.6 is 11.8 Å². The molecule has 4 heteroatoms. The maximum atomic E-state index is 13.5. The smallest absolute Gasteiger partial charge is 0.130 e. The van der Waals surface area contributed by atoms with Gasteiger partial charge in [0.2, 0.25) is 0 Å². The highest BCUT2D eigenvalue weighted by molar-refractivity contribution is 7.98. The Morgan fingerprint density at radius 2 is 1.65 bits per heavy atom. The van der Waals surface area contributed by atoms with Gasteiger partial charge in [0.05, 0.1) is 0 Å². The van der Waals surface area contributed by atoms with Crippen LogP contribution in [0, 0.1) is 11.6 Å². The number of hydrogen-bond acceptors (Lipinski definition) is 2. The van der Waals surface area contributed by atoms with Crippen LogP contribution in [-0.2, 0) is 12.3 Å². The van der Waals surface area contributed by atoms with Crippen molar-refractivity contribution in [2.45, 2.75) is 24.1 Å². The summed E-state index contributed by atoms with van der Waals surface area (Å²) in [5, 5.41) is 3.25. The van der Waals surface area contributed by atoms with E-state index in [1.165, 1.54) is 35.5 Å². The van der Waals surface area contributed by atoms with Gasteiger partial charge in [-0.1, -0.05) is 25.1 Å². The molecule has 0 saturated heterocycles. The van der Waals surface area contributed by atoms with Crippen LogP contribution in [0.5, 0.6) is 0 Å². The number of thioether (sulfide) groups is 1. The second-order valence-corrected chi connectivity index (χ2v) is 5.46. The Hall–Kier alpha value is -1.39. The van der Waals surface area contributed by atoms with Gasteiger partial charge in [0, 0.05) is 22.8 Å². The molecule has 2 aromatic carbocycles. The van der Waals surface area contributed by atoms with Crippen LogP contribution in [0.1, 0.15) is 18.1 Å². The minimum absolute atomic E-state index is 0.134. The average molecular weight is 293 g/mol. The highest BCUT2D eigenvalue weighted by Gasteiger charge is 2.08. The van der Waals surface area contributed by atoms with Crippen LogP contribution in [0.4, 0.5) is 8.78 Å². The Kier molecular flexibility index (Phi) is 5.56. The standard InChI is InChI=1S/C16H17F2NS/c1-2-19-10-12-6-8-13(9-7-12)20-11-14-15(17)4-3-5-16(14)18/h3-9,19H,2,10-11H2,1H3. The van der Waals surface area contributed by atoms with Crippen LogP contribution in [-0.4, -0.2) is 6.54 Å². The summed E-state index contributed by atoms with van der Waals surface area (Å²) >= 11 is 1.43. The molecule has 0 bridgehead atoms. The minimum atomic E-state index is -0.485. The molecule has 1 N–H and O–H groups in total. The summed E-state index contributed by atoms with van der Waals surface area (Å²) in [5.74, 6) is -0.673. The molecule has 0 aliphatic carbocycles. The third-order valence-electron chi connectivity index (χ3n) is 2.95. The van der Waals surface area contributed by atoms with Crippen LogP contribution < -0.4 is 5.32 Å². The van der Waals surface area contributed by atoms with E-state index in [0.717, 1.165) is 18.0 Å². The molecule has 2 rings (SSSR count). The van der Waals surface area contributed by atoms with Gasteiger partial charge in [-0.3, -0.25) is 0 Å². The number of nitrogens with one attached hydrogen (secondary N) is 1. The van der Waals surface area contributed by atoms with Gasteiger partial charge >= 0.3 is 0 Å². The molecule has 0 aliphatic heterocycles. The fourth-order valence-electron chi connectivity index (χ4n) is 1.80. The number of halogens is 2. The molecule has 1 nitrogen and oxygen atoms in total. The first-order valence-electron chi connectivity index (χ1n) is 6.56. The maximum absolute atomic E-state index is 13.5. The van der Waals surface area contributed by atoms with E-state index in [4.69, 9.17) is 0 Å². The Balaban J connectivity index is 1.97. The Labute approximate surface area is 122 Å². The topological polar surface area (TPSA) is 12.0 Å². The quantitative estimate of drug-likeness (QED) is 0.794. The Morgan fingerprint density at radius 1 is 1.00 bits per heavy atom. The van der Waals surface area contributed by atoms with Crippen LogP contribution in [0.2, 0.25) is 0 Å². The van der Waals surface area contributed by atoms with Gasteiger partial charge in [-0.2, -0.15) is 0 Å². The van der Waals surface area contributed by atoms with Crippen molar-refractivity contribution in [1.29, 1.82) is 0 Å². The minimum Gasteiger partial charge on any atom is -0.313 e. The van der Waals surface area contributed by atoms with Crippen molar-refractivity contribution in [2.75, 3.05) is 6.54 Å². The zero-order valence-electron chi connectivity index (χ0n) is 11.3. The molecule has 2 aromatic rings. The van der Waals surface area contributed by atoms with Crippen LogP contribution in [0.25, 0.3) is 0 Å². The normalized spacial score (nSPS) is 10.8. The SMILES string of the molecule is CCNCc1ccc(SCc2c(F)cccc2F)cc1. The van der Waals surface area contributed by atoms with Gasteiger partial charge in [-0.15, -0.1) is 11.8 Å². The Bertz CT molecular complexity index is 535. The fraction of sp³-hybridized carbons (Fsp3) is 0.250.